The normalized spacial score (nSPS) is 21.8. The SMILES string of the molecule is CC(NCCS(=O)(=O)C(C)(C)C)C1(C)CC1. The Morgan fingerprint density at radius 1 is 1.31 bits per heavy atom. The van der Waals surface area contributed by atoms with Gasteiger partial charge in [0.2, 0.25) is 0 Å². The number of nitrogens with one attached hydrogen (secondary N) is 1. The molecule has 1 aliphatic carbocycles. The minimum atomic E-state index is -2.98. The molecule has 0 saturated heterocycles. The molecule has 4 heteroatoms. The maximum Gasteiger partial charge on any atom is 0.156 e. The highest BCUT2D eigenvalue weighted by molar-refractivity contribution is 7.92. The van der Waals surface area contributed by atoms with Crippen molar-refractivity contribution in [2.75, 3.05) is 12.3 Å². The van der Waals surface area contributed by atoms with Crippen LogP contribution in [0.5, 0.6) is 0 Å². The number of hydrogen-bond acceptors (Lipinski definition) is 3. The summed E-state index contributed by atoms with van der Waals surface area (Å²) in [5, 5.41) is 3.33. The predicted octanol–water partition coefficient (Wildman–Crippen LogP) is 1.98. The fourth-order valence-corrected chi connectivity index (χ4v) is 2.59. The third kappa shape index (κ3) is 3.20. The molecule has 0 aliphatic heterocycles. The summed E-state index contributed by atoms with van der Waals surface area (Å²) in [6.45, 7) is 10.2. The van der Waals surface area contributed by atoms with E-state index in [1.54, 1.807) is 20.8 Å². The maximum atomic E-state index is 11.9. The smallest absolute Gasteiger partial charge is 0.156 e. The number of rotatable bonds is 5. The van der Waals surface area contributed by atoms with Crippen LogP contribution in [0.15, 0.2) is 0 Å². The van der Waals surface area contributed by atoms with Crippen LogP contribution in [0.4, 0.5) is 0 Å². The van der Waals surface area contributed by atoms with Gasteiger partial charge >= 0.3 is 0 Å². The zero-order valence-corrected chi connectivity index (χ0v) is 11.9. The third-order valence-corrected chi connectivity index (χ3v) is 6.45. The molecule has 0 aromatic carbocycles. The minimum Gasteiger partial charge on any atom is -0.313 e. The van der Waals surface area contributed by atoms with Gasteiger partial charge in [0.1, 0.15) is 0 Å². The molecule has 1 N–H and O–H groups in total. The lowest BCUT2D eigenvalue weighted by Crippen LogP contribution is -2.39. The van der Waals surface area contributed by atoms with E-state index in [0.29, 0.717) is 18.0 Å². The summed E-state index contributed by atoms with van der Waals surface area (Å²) in [7, 11) is -2.98. The molecule has 16 heavy (non-hydrogen) atoms. The Morgan fingerprint density at radius 3 is 2.19 bits per heavy atom. The summed E-state index contributed by atoms with van der Waals surface area (Å²) in [6.07, 6.45) is 2.51. The van der Waals surface area contributed by atoms with E-state index in [4.69, 9.17) is 0 Å². The first-order chi connectivity index (χ1) is 7.08. The summed E-state index contributed by atoms with van der Waals surface area (Å²) in [6, 6.07) is 0.419. The van der Waals surface area contributed by atoms with Gasteiger partial charge in [-0.05, 0) is 46.0 Å². The highest BCUT2D eigenvalue weighted by Gasteiger charge is 2.42. The van der Waals surface area contributed by atoms with Crippen molar-refractivity contribution in [3.05, 3.63) is 0 Å². The highest BCUT2D eigenvalue weighted by atomic mass is 32.2. The Morgan fingerprint density at radius 2 is 1.81 bits per heavy atom. The Labute approximate surface area is 99.9 Å². The zero-order chi connectivity index (χ0) is 12.6. The number of sulfone groups is 1. The Bertz CT molecular complexity index is 337. The molecular weight excluding hydrogens is 222 g/mol. The lowest BCUT2D eigenvalue weighted by atomic mass is 10.0. The topological polar surface area (TPSA) is 46.2 Å². The van der Waals surface area contributed by atoms with Crippen LogP contribution in [0.2, 0.25) is 0 Å². The Kier molecular flexibility index (Phi) is 3.75. The van der Waals surface area contributed by atoms with Crippen LogP contribution >= 0.6 is 0 Å². The van der Waals surface area contributed by atoms with Crippen molar-refractivity contribution < 1.29 is 8.42 Å². The summed E-state index contributed by atoms with van der Waals surface area (Å²) in [4.78, 5) is 0. The van der Waals surface area contributed by atoms with Crippen molar-refractivity contribution in [1.82, 2.24) is 5.32 Å². The van der Waals surface area contributed by atoms with Crippen LogP contribution in [0, 0.1) is 5.41 Å². The molecule has 1 rings (SSSR count). The molecule has 96 valence electrons. The van der Waals surface area contributed by atoms with Crippen molar-refractivity contribution in [3.63, 3.8) is 0 Å². The van der Waals surface area contributed by atoms with E-state index in [-0.39, 0.29) is 5.75 Å². The highest BCUT2D eigenvalue weighted by Crippen LogP contribution is 2.47. The molecule has 1 saturated carbocycles. The van der Waals surface area contributed by atoms with E-state index >= 15 is 0 Å². The van der Waals surface area contributed by atoms with Crippen molar-refractivity contribution in [2.45, 2.75) is 58.2 Å². The van der Waals surface area contributed by atoms with E-state index in [2.05, 4.69) is 19.2 Å². The second-order valence-electron chi connectivity index (χ2n) is 6.26. The average Bonchev–Trinajstić information content (AvgIpc) is 2.82. The van der Waals surface area contributed by atoms with Gasteiger partial charge in [0.15, 0.2) is 9.84 Å². The third-order valence-electron chi connectivity index (χ3n) is 3.84. The summed E-state index contributed by atoms with van der Waals surface area (Å²) < 4.78 is 23.1. The molecular formula is C12H25NO2S. The molecule has 0 bridgehead atoms. The van der Waals surface area contributed by atoms with E-state index < -0.39 is 14.6 Å². The second kappa shape index (κ2) is 4.30. The summed E-state index contributed by atoms with van der Waals surface area (Å²) in [5.74, 6) is 0.233. The van der Waals surface area contributed by atoms with E-state index in [1.807, 2.05) is 0 Å². The van der Waals surface area contributed by atoms with Crippen LogP contribution in [0.3, 0.4) is 0 Å². The van der Waals surface area contributed by atoms with Crippen LogP contribution < -0.4 is 5.32 Å². The monoisotopic (exact) mass is 247 g/mol. The van der Waals surface area contributed by atoms with Crippen LogP contribution in [0.1, 0.15) is 47.5 Å². The molecule has 3 nitrogen and oxygen atoms in total. The van der Waals surface area contributed by atoms with Gasteiger partial charge in [-0.1, -0.05) is 6.92 Å². The predicted molar refractivity (Wildman–Crippen MR) is 68.3 cm³/mol. The molecule has 1 atom stereocenters. The molecule has 0 heterocycles. The molecule has 0 amide bonds. The fraction of sp³-hybridized carbons (Fsp3) is 1.00. The van der Waals surface area contributed by atoms with Crippen molar-refractivity contribution in [3.8, 4) is 0 Å². The Balaban J connectivity index is 2.36. The molecule has 0 spiro atoms. The number of hydrogen-bond donors (Lipinski definition) is 1. The molecule has 0 aromatic rings. The van der Waals surface area contributed by atoms with Gasteiger partial charge in [-0.25, -0.2) is 8.42 Å². The van der Waals surface area contributed by atoms with E-state index in [9.17, 15) is 8.42 Å². The summed E-state index contributed by atoms with van der Waals surface area (Å²) >= 11 is 0. The van der Waals surface area contributed by atoms with Crippen LogP contribution in [-0.4, -0.2) is 31.5 Å². The van der Waals surface area contributed by atoms with Crippen LogP contribution in [-0.2, 0) is 9.84 Å². The van der Waals surface area contributed by atoms with E-state index in [1.165, 1.54) is 12.8 Å². The largest absolute Gasteiger partial charge is 0.313 e. The van der Waals surface area contributed by atoms with Crippen molar-refractivity contribution in [1.29, 1.82) is 0 Å². The van der Waals surface area contributed by atoms with Gasteiger partial charge < -0.3 is 5.32 Å². The fourth-order valence-electron chi connectivity index (χ4n) is 1.59. The lowest BCUT2D eigenvalue weighted by Gasteiger charge is -2.23. The van der Waals surface area contributed by atoms with Gasteiger partial charge in [-0.3, -0.25) is 0 Å². The van der Waals surface area contributed by atoms with Crippen LogP contribution in [0.25, 0.3) is 0 Å². The first-order valence-electron chi connectivity index (χ1n) is 6.04. The van der Waals surface area contributed by atoms with Gasteiger partial charge in [0, 0.05) is 12.6 Å². The van der Waals surface area contributed by atoms with E-state index in [0.717, 1.165) is 0 Å². The molecule has 1 aliphatic rings. The minimum absolute atomic E-state index is 0.233. The molecule has 0 radical (unpaired) electrons. The first-order valence-corrected chi connectivity index (χ1v) is 7.69. The summed E-state index contributed by atoms with van der Waals surface area (Å²) in [5.41, 5.74) is 0.408. The Hall–Kier alpha value is -0.0900. The quantitative estimate of drug-likeness (QED) is 0.808. The standard InChI is InChI=1S/C12H25NO2S/c1-10(12(5)6-7-12)13-8-9-16(14,15)11(2,3)4/h10,13H,6-9H2,1-5H3. The van der Waals surface area contributed by atoms with Gasteiger partial charge in [0.05, 0.1) is 10.5 Å². The van der Waals surface area contributed by atoms with Gasteiger partial charge in [-0.2, -0.15) is 0 Å². The van der Waals surface area contributed by atoms with Crippen molar-refractivity contribution >= 4 is 9.84 Å². The molecule has 1 fully saturated rings. The first kappa shape index (κ1) is 14.0. The van der Waals surface area contributed by atoms with Gasteiger partial charge in [-0.15, -0.1) is 0 Å². The average molecular weight is 247 g/mol. The zero-order valence-electron chi connectivity index (χ0n) is 11.1. The van der Waals surface area contributed by atoms with Gasteiger partial charge in [0.25, 0.3) is 0 Å². The molecule has 1 unspecified atom stereocenters. The maximum absolute atomic E-state index is 11.9. The molecule has 0 aromatic heterocycles. The van der Waals surface area contributed by atoms with Crippen molar-refractivity contribution in [2.24, 2.45) is 5.41 Å². The second-order valence-corrected chi connectivity index (χ2v) is 9.12. The lowest BCUT2D eigenvalue weighted by molar-refractivity contribution is 0.388.